The fourth-order valence-corrected chi connectivity index (χ4v) is 2.98. The summed E-state index contributed by atoms with van der Waals surface area (Å²) >= 11 is 5.15. The van der Waals surface area contributed by atoms with Crippen LogP contribution < -0.4 is 10.1 Å². The number of aryl methyl sites for hydroxylation is 1. The molecule has 2 aromatic rings. The molecule has 25 heavy (non-hydrogen) atoms. The van der Waals surface area contributed by atoms with Crippen molar-refractivity contribution in [1.29, 1.82) is 0 Å². The highest BCUT2D eigenvalue weighted by atomic mass is 32.1. The van der Waals surface area contributed by atoms with Gasteiger partial charge in [0.25, 0.3) is 5.91 Å². The van der Waals surface area contributed by atoms with Crippen LogP contribution in [0.2, 0.25) is 0 Å². The minimum atomic E-state index is -0.0905. The van der Waals surface area contributed by atoms with Crippen molar-refractivity contribution in [2.45, 2.75) is 20.5 Å². The number of nitrogens with one attached hydrogen (secondary N) is 1. The van der Waals surface area contributed by atoms with Gasteiger partial charge < -0.3 is 10.1 Å². The van der Waals surface area contributed by atoms with E-state index in [1.54, 1.807) is 11.0 Å². The van der Waals surface area contributed by atoms with E-state index in [0.29, 0.717) is 24.0 Å². The molecule has 3 rings (SSSR count). The van der Waals surface area contributed by atoms with Crippen molar-refractivity contribution in [1.82, 2.24) is 10.2 Å². The lowest BCUT2D eigenvalue weighted by Crippen LogP contribution is -2.30. The molecule has 1 heterocycles. The number of carbonyl (C=O) groups is 1. The number of likely N-dealkylation sites (N-methyl/N-ethyl adjacent to an activating group) is 1. The van der Waals surface area contributed by atoms with Crippen LogP contribution in [0.15, 0.2) is 54.2 Å². The van der Waals surface area contributed by atoms with Crippen LogP contribution in [0.3, 0.4) is 0 Å². The Bertz CT molecular complexity index is 828. The van der Waals surface area contributed by atoms with Gasteiger partial charge in [-0.15, -0.1) is 0 Å². The Morgan fingerprint density at radius 1 is 1.20 bits per heavy atom. The van der Waals surface area contributed by atoms with Crippen molar-refractivity contribution in [3.8, 4) is 5.75 Å². The third kappa shape index (κ3) is 4.06. The number of benzene rings is 2. The van der Waals surface area contributed by atoms with E-state index in [2.05, 4.69) is 24.4 Å². The van der Waals surface area contributed by atoms with Crippen LogP contribution in [0.4, 0.5) is 0 Å². The van der Waals surface area contributed by atoms with E-state index in [4.69, 9.17) is 17.0 Å². The van der Waals surface area contributed by atoms with Gasteiger partial charge in [-0.25, -0.2) is 0 Å². The SMILES string of the molecule is CCN1C(=O)/C(=C/c2ccc(OCc3cccc(C)c3)cc2)NC1=S. The summed E-state index contributed by atoms with van der Waals surface area (Å²) < 4.78 is 5.81. The van der Waals surface area contributed by atoms with Crippen LogP contribution in [-0.4, -0.2) is 22.5 Å². The van der Waals surface area contributed by atoms with Gasteiger partial charge in [-0.2, -0.15) is 0 Å². The summed E-state index contributed by atoms with van der Waals surface area (Å²) in [6.45, 7) is 5.06. The molecule has 1 aliphatic heterocycles. The zero-order valence-corrected chi connectivity index (χ0v) is 15.1. The van der Waals surface area contributed by atoms with Crippen molar-refractivity contribution >= 4 is 29.3 Å². The summed E-state index contributed by atoms with van der Waals surface area (Å²) in [4.78, 5) is 13.7. The van der Waals surface area contributed by atoms with Crippen LogP contribution in [-0.2, 0) is 11.4 Å². The highest BCUT2D eigenvalue weighted by Gasteiger charge is 2.28. The minimum Gasteiger partial charge on any atom is -0.489 e. The molecule has 4 nitrogen and oxygen atoms in total. The van der Waals surface area contributed by atoms with Gasteiger partial charge in [0.1, 0.15) is 18.1 Å². The average Bonchev–Trinajstić information content (AvgIpc) is 2.87. The van der Waals surface area contributed by atoms with Gasteiger partial charge >= 0.3 is 0 Å². The van der Waals surface area contributed by atoms with Gasteiger partial charge in [-0.3, -0.25) is 9.69 Å². The lowest BCUT2D eigenvalue weighted by atomic mass is 10.1. The van der Waals surface area contributed by atoms with Gasteiger partial charge in [0, 0.05) is 6.54 Å². The van der Waals surface area contributed by atoms with Crippen molar-refractivity contribution in [3.63, 3.8) is 0 Å². The van der Waals surface area contributed by atoms with Crippen LogP contribution in [0.25, 0.3) is 6.08 Å². The number of hydrogen-bond donors (Lipinski definition) is 1. The maximum atomic E-state index is 12.2. The van der Waals surface area contributed by atoms with Crippen molar-refractivity contribution < 1.29 is 9.53 Å². The summed E-state index contributed by atoms with van der Waals surface area (Å²) in [6, 6.07) is 15.9. The van der Waals surface area contributed by atoms with E-state index in [1.807, 2.05) is 43.3 Å². The standard InChI is InChI=1S/C20H20N2O2S/c1-3-22-19(23)18(21-20(22)25)12-15-7-9-17(10-8-15)24-13-16-6-4-5-14(2)11-16/h4-12H,3,13H2,1-2H3,(H,21,25)/b18-12-. The van der Waals surface area contributed by atoms with Gasteiger partial charge in [0.15, 0.2) is 5.11 Å². The van der Waals surface area contributed by atoms with Crippen molar-refractivity contribution in [2.24, 2.45) is 0 Å². The van der Waals surface area contributed by atoms with E-state index in [0.717, 1.165) is 16.9 Å². The number of ether oxygens (including phenoxy) is 1. The molecule has 128 valence electrons. The molecule has 0 unspecified atom stereocenters. The maximum absolute atomic E-state index is 12.2. The highest BCUT2D eigenvalue weighted by Crippen LogP contribution is 2.18. The average molecular weight is 352 g/mol. The summed E-state index contributed by atoms with van der Waals surface area (Å²) in [5, 5.41) is 3.41. The third-order valence-electron chi connectivity index (χ3n) is 3.96. The molecule has 1 amide bonds. The molecule has 1 aliphatic rings. The zero-order chi connectivity index (χ0) is 17.8. The largest absolute Gasteiger partial charge is 0.489 e. The number of amides is 1. The first kappa shape index (κ1) is 17.2. The van der Waals surface area contributed by atoms with E-state index >= 15 is 0 Å². The Morgan fingerprint density at radius 2 is 1.96 bits per heavy atom. The highest BCUT2D eigenvalue weighted by molar-refractivity contribution is 7.80. The maximum Gasteiger partial charge on any atom is 0.276 e. The Morgan fingerprint density at radius 3 is 2.60 bits per heavy atom. The molecule has 0 atom stereocenters. The summed E-state index contributed by atoms with van der Waals surface area (Å²) in [7, 11) is 0. The number of hydrogen-bond acceptors (Lipinski definition) is 3. The molecule has 2 aromatic carbocycles. The first-order valence-electron chi connectivity index (χ1n) is 8.20. The minimum absolute atomic E-state index is 0.0905. The lowest BCUT2D eigenvalue weighted by molar-refractivity contribution is -0.122. The first-order chi connectivity index (χ1) is 12.1. The van der Waals surface area contributed by atoms with Gasteiger partial charge in [0.2, 0.25) is 0 Å². The monoisotopic (exact) mass is 352 g/mol. The smallest absolute Gasteiger partial charge is 0.276 e. The van der Waals surface area contributed by atoms with Crippen molar-refractivity contribution in [2.75, 3.05) is 6.54 Å². The molecule has 0 spiro atoms. The molecule has 0 radical (unpaired) electrons. The van der Waals surface area contributed by atoms with Crippen LogP contribution >= 0.6 is 12.2 Å². The predicted octanol–water partition coefficient (Wildman–Crippen LogP) is 3.65. The number of rotatable bonds is 5. The molecule has 1 saturated heterocycles. The Kier molecular flexibility index (Phi) is 5.14. The van der Waals surface area contributed by atoms with E-state index in [1.165, 1.54) is 5.56 Å². The molecule has 0 saturated carbocycles. The van der Waals surface area contributed by atoms with Gasteiger partial charge in [-0.05, 0) is 55.4 Å². The van der Waals surface area contributed by atoms with Crippen molar-refractivity contribution in [3.05, 3.63) is 70.9 Å². The second-order valence-corrected chi connectivity index (χ2v) is 6.27. The molecule has 0 aromatic heterocycles. The van der Waals surface area contributed by atoms with Crippen LogP contribution in [0.5, 0.6) is 5.75 Å². The van der Waals surface area contributed by atoms with Gasteiger partial charge in [-0.1, -0.05) is 42.0 Å². The second-order valence-electron chi connectivity index (χ2n) is 5.88. The Labute approximate surface area is 153 Å². The lowest BCUT2D eigenvalue weighted by Gasteiger charge is -2.09. The molecule has 1 fully saturated rings. The summed E-state index contributed by atoms with van der Waals surface area (Å²) in [6.07, 6.45) is 1.80. The predicted molar refractivity (Wildman–Crippen MR) is 103 cm³/mol. The third-order valence-corrected chi connectivity index (χ3v) is 4.28. The molecular weight excluding hydrogens is 332 g/mol. The number of carbonyl (C=O) groups excluding carboxylic acids is 1. The molecule has 0 aliphatic carbocycles. The topological polar surface area (TPSA) is 41.6 Å². The van der Waals surface area contributed by atoms with E-state index < -0.39 is 0 Å². The van der Waals surface area contributed by atoms with E-state index in [9.17, 15) is 4.79 Å². The zero-order valence-electron chi connectivity index (χ0n) is 14.3. The quantitative estimate of drug-likeness (QED) is 0.659. The molecular formula is C20H20N2O2S. The first-order valence-corrected chi connectivity index (χ1v) is 8.60. The molecule has 0 bridgehead atoms. The summed E-state index contributed by atoms with van der Waals surface area (Å²) in [5.41, 5.74) is 3.77. The molecule has 5 heteroatoms. The molecule has 1 N–H and O–H groups in total. The second kappa shape index (κ2) is 7.49. The normalized spacial score (nSPS) is 15.6. The van der Waals surface area contributed by atoms with Crippen LogP contribution in [0, 0.1) is 6.92 Å². The summed E-state index contributed by atoms with van der Waals surface area (Å²) in [5.74, 6) is 0.701. The van der Waals surface area contributed by atoms with Gasteiger partial charge in [0.05, 0.1) is 0 Å². The number of thiocarbonyl (C=S) groups is 1. The number of nitrogens with zero attached hydrogens (tertiary/aromatic N) is 1. The Balaban J connectivity index is 1.65. The Hall–Kier alpha value is -2.66. The fourth-order valence-electron chi connectivity index (χ4n) is 2.65. The van der Waals surface area contributed by atoms with Crippen LogP contribution in [0.1, 0.15) is 23.6 Å². The fraction of sp³-hybridized carbons (Fsp3) is 0.200. The van der Waals surface area contributed by atoms with E-state index in [-0.39, 0.29) is 5.91 Å².